The van der Waals surface area contributed by atoms with Crippen LogP contribution in [-0.4, -0.2) is 64.3 Å². The van der Waals surface area contributed by atoms with Crippen molar-refractivity contribution in [1.82, 2.24) is 19.8 Å². The lowest BCUT2D eigenvalue weighted by Gasteiger charge is -2.22. The Bertz CT molecular complexity index is 1290. The summed E-state index contributed by atoms with van der Waals surface area (Å²) in [6.07, 6.45) is 0.428. The Morgan fingerprint density at radius 3 is 2.22 bits per heavy atom. The van der Waals surface area contributed by atoms with Crippen LogP contribution >= 0.6 is 11.6 Å². The Labute approximate surface area is 222 Å². The van der Waals surface area contributed by atoms with Crippen molar-refractivity contribution in [3.8, 4) is 11.4 Å². The quantitative estimate of drug-likeness (QED) is 0.510. The van der Waals surface area contributed by atoms with Gasteiger partial charge in [-0.15, -0.1) is 0 Å². The number of fused-ring (bicyclic) bond motifs is 1. The van der Waals surface area contributed by atoms with Gasteiger partial charge in [0.15, 0.2) is 5.82 Å². The van der Waals surface area contributed by atoms with Crippen molar-refractivity contribution in [2.75, 3.05) is 38.0 Å². The summed E-state index contributed by atoms with van der Waals surface area (Å²) in [6, 6.07) is 15.4. The highest BCUT2D eigenvalue weighted by atomic mass is 35.5. The predicted molar refractivity (Wildman–Crippen MR) is 146 cm³/mol. The molecule has 2 atom stereocenters. The average molecular weight is 518 g/mol. The van der Waals surface area contributed by atoms with E-state index in [1.54, 1.807) is 6.07 Å². The van der Waals surface area contributed by atoms with Crippen molar-refractivity contribution >= 4 is 29.1 Å². The van der Waals surface area contributed by atoms with Gasteiger partial charge in [0.1, 0.15) is 0 Å². The molecule has 2 aromatic carbocycles. The number of hydrogen-bond donors (Lipinski definition) is 1. The molecule has 3 aromatic rings. The first-order valence-corrected chi connectivity index (χ1v) is 13.1. The van der Waals surface area contributed by atoms with Gasteiger partial charge in [-0.25, -0.2) is 9.97 Å². The third-order valence-corrected chi connectivity index (χ3v) is 7.88. The molecule has 3 heterocycles. The van der Waals surface area contributed by atoms with Crippen molar-refractivity contribution in [3.05, 3.63) is 76.1 Å². The van der Waals surface area contributed by atoms with Crippen LogP contribution in [0.15, 0.2) is 48.5 Å². The molecule has 37 heavy (non-hydrogen) atoms. The molecule has 1 aromatic heterocycles. The molecule has 2 amide bonds. The topological polar surface area (TPSA) is 78.4 Å². The summed E-state index contributed by atoms with van der Waals surface area (Å²) in [5.74, 6) is 1.50. The number of aromatic nitrogens is 2. The smallest absolute Gasteiger partial charge is 0.257 e. The van der Waals surface area contributed by atoms with Gasteiger partial charge in [-0.05, 0) is 50.3 Å². The monoisotopic (exact) mass is 517 g/mol. The number of halogens is 1. The first kappa shape index (κ1) is 25.4. The highest BCUT2D eigenvalue weighted by Crippen LogP contribution is 2.33. The summed E-state index contributed by atoms with van der Waals surface area (Å²) >= 11 is 6.16. The second-order valence-corrected chi connectivity index (χ2v) is 10.6. The van der Waals surface area contributed by atoms with Gasteiger partial charge in [0.05, 0.1) is 17.0 Å². The van der Waals surface area contributed by atoms with E-state index in [9.17, 15) is 9.59 Å². The maximum absolute atomic E-state index is 13.5. The Hall–Kier alpha value is -3.29. The van der Waals surface area contributed by atoms with Crippen LogP contribution in [0.4, 0.5) is 5.69 Å². The SMILES string of the molecule is Cc1ccc(NC(=O)CCN2CC3CN(C(=O)c4c(C)nc(-c5ccccc5)nc4C)CC3C2)cc1Cl. The van der Waals surface area contributed by atoms with E-state index in [1.807, 2.05) is 68.1 Å². The zero-order valence-corrected chi connectivity index (χ0v) is 22.3. The van der Waals surface area contributed by atoms with E-state index in [0.717, 1.165) is 54.4 Å². The first-order chi connectivity index (χ1) is 17.8. The Balaban J connectivity index is 1.15. The van der Waals surface area contributed by atoms with Crippen molar-refractivity contribution in [2.45, 2.75) is 27.2 Å². The van der Waals surface area contributed by atoms with Crippen LogP contribution in [0, 0.1) is 32.6 Å². The minimum atomic E-state index is -0.0151. The standard InChI is InChI=1S/C29H32ClN5O2/c1-18-9-10-24(13-25(18)30)33-26(36)11-12-34-14-22-16-35(17-23(22)15-34)29(37)27-19(2)31-28(32-20(27)3)21-7-5-4-6-8-21/h4-10,13,22-23H,11-12,14-17H2,1-3H3,(H,33,36). The van der Waals surface area contributed by atoms with Crippen LogP contribution < -0.4 is 5.32 Å². The van der Waals surface area contributed by atoms with Crippen LogP contribution in [0.1, 0.15) is 33.7 Å². The average Bonchev–Trinajstić information content (AvgIpc) is 3.44. The number of amides is 2. The molecule has 0 bridgehead atoms. The molecule has 1 N–H and O–H groups in total. The van der Waals surface area contributed by atoms with E-state index in [2.05, 4.69) is 20.2 Å². The van der Waals surface area contributed by atoms with Gasteiger partial charge in [-0.1, -0.05) is 48.0 Å². The Morgan fingerprint density at radius 2 is 1.59 bits per heavy atom. The summed E-state index contributed by atoms with van der Waals surface area (Å²) in [5.41, 5.74) is 4.70. The number of carbonyl (C=O) groups is 2. The summed E-state index contributed by atoms with van der Waals surface area (Å²) in [7, 11) is 0. The van der Waals surface area contributed by atoms with Crippen LogP contribution in [0.5, 0.6) is 0 Å². The van der Waals surface area contributed by atoms with Gasteiger partial charge in [0, 0.05) is 55.4 Å². The van der Waals surface area contributed by atoms with Gasteiger partial charge < -0.3 is 15.1 Å². The first-order valence-electron chi connectivity index (χ1n) is 12.8. The molecule has 2 aliphatic heterocycles. The summed E-state index contributed by atoms with van der Waals surface area (Å²) in [4.78, 5) is 39.5. The van der Waals surface area contributed by atoms with E-state index in [4.69, 9.17) is 11.6 Å². The number of hydrogen-bond acceptors (Lipinski definition) is 5. The number of rotatable bonds is 6. The molecule has 5 rings (SSSR count). The number of nitrogens with zero attached hydrogens (tertiary/aromatic N) is 4. The molecule has 2 unspecified atom stereocenters. The highest BCUT2D eigenvalue weighted by Gasteiger charge is 2.42. The van der Waals surface area contributed by atoms with E-state index < -0.39 is 0 Å². The number of carbonyl (C=O) groups excluding carboxylic acids is 2. The second-order valence-electron chi connectivity index (χ2n) is 10.2. The largest absolute Gasteiger partial charge is 0.338 e. The van der Waals surface area contributed by atoms with Crippen molar-refractivity contribution < 1.29 is 9.59 Å². The molecule has 2 fully saturated rings. The van der Waals surface area contributed by atoms with E-state index in [-0.39, 0.29) is 11.8 Å². The van der Waals surface area contributed by atoms with Crippen molar-refractivity contribution in [1.29, 1.82) is 0 Å². The minimum Gasteiger partial charge on any atom is -0.338 e. The lowest BCUT2D eigenvalue weighted by molar-refractivity contribution is -0.116. The van der Waals surface area contributed by atoms with Gasteiger partial charge in [-0.3, -0.25) is 9.59 Å². The molecule has 0 saturated carbocycles. The fourth-order valence-corrected chi connectivity index (χ4v) is 5.67. The van der Waals surface area contributed by atoms with Crippen LogP contribution in [-0.2, 0) is 4.79 Å². The molecule has 0 radical (unpaired) electrons. The molecule has 2 aliphatic rings. The molecular formula is C29H32ClN5O2. The second kappa shape index (κ2) is 10.6. The van der Waals surface area contributed by atoms with Crippen LogP contribution in [0.2, 0.25) is 5.02 Å². The fraction of sp³-hybridized carbons (Fsp3) is 0.379. The number of anilines is 1. The summed E-state index contributed by atoms with van der Waals surface area (Å²) < 4.78 is 0. The van der Waals surface area contributed by atoms with E-state index >= 15 is 0 Å². The highest BCUT2D eigenvalue weighted by molar-refractivity contribution is 6.31. The fourth-order valence-electron chi connectivity index (χ4n) is 5.49. The zero-order chi connectivity index (χ0) is 26.1. The summed E-state index contributed by atoms with van der Waals surface area (Å²) in [6.45, 7) is 9.69. The van der Waals surface area contributed by atoms with Crippen molar-refractivity contribution in [2.24, 2.45) is 11.8 Å². The van der Waals surface area contributed by atoms with Gasteiger partial charge >= 0.3 is 0 Å². The maximum atomic E-state index is 13.5. The number of aryl methyl sites for hydroxylation is 3. The maximum Gasteiger partial charge on any atom is 0.257 e. The molecule has 8 heteroatoms. The normalized spacial score (nSPS) is 19.2. The summed E-state index contributed by atoms with van der Waals surface area (Å²) in [5, 5.41) is 3.58. The molecule has 7 nitrogen and oxygen atoms in total. The number of likely N-dealkylation sites (tertiary alicyclic amines) is 2. The third-order valence-electron chi connectivity index (χ3n) is 7.48. The molecular weight excluding hydrogens is 486 g/mol. The predicted octanol–water partition coefficient (Wildman–Crippen LogP) is 4.75. The minimum absolute atomic E-state index is 0.0151. The number of nitrogens with one attached hydrogen (secondary N) is 1. The Morgan fingerprint density at radius 1 is 0.946 bits per heavy atom. The van der Waals surface area contributed by atoms with Gasteiger partial charge in [-0.2, -0.15) is 0 Å². The molecule has 0 spiro atoms. The lowest BCUT2D eigenvalue weighted by atomic mass is 10.0. The molecule has 192 valence electrons. The van der Waals surface area contributed by atoms with Crippen molar-refractivity contribution in [3.63, 3.8) is 0 Å². The van der Waals surface area contributed by atoms with Gasteiger partial charge in [0.2, 0.25) is 5.91 Å². The lowest BCUT2D eigenvalue weighted by Crippen LogP contribution is -2.35. The zero-order valence-electron chi connectivity index (χ0n) is 21.5. The Kier molecular flexibility index (Phi) is 7.26. The van der Waals surface area contributed by atoms with E-state index in [0.29, 0.717) is 41.2 Å². The van der Waals surface area contributed by atoms with Gasteiger partial charge in [0.25, 0.3) is 5.91 Å². The van der Waals surface area contributed by atoms with Crippen LogP contribution in [0.25, 0.3) is 11.4 Å². The van der Waals surface area contributed by atoms with Crippen LogP contribution in [0.3, 0.4) is 0 Å². The van der Waals surface area contributed by atoms with E-state index in [1.165, 1.54) is 0 Å². The molecule has 2 saturated heterocycles. The number of benzene rings is 2. The molecule has 0 aliphatic carbocycles. The third kappa shape index (κ3) is 5.53.